The van der Waals surface area contributed by atoms with Crippen LogP contribution in [-0.4, -0.2) is 14.5 Å². The predicted molar refractivity (Wildman–Crippen MR) is 55.2 cm³/mol. The summed E-state index contributed by atoms with van der Waals surface area (Å²) in [7, 11) is 0. The first kappa shape index (κ1) is 8.05. The Bertz CT molecular complexity index is 501. The number of nitrogens with zero attached hydrogens (tertiary/aromatic N) is 3. The minimum atomic E-state index is 0.474. The summed E-state index contributed by atoms with van der Waals surface area (Å²) in [6.45, 7) is 0. The molecule has 14 heavy (non-hydrogen) atoms. The Kier molecular flexibility index (Phi) is 1.50. The van der Waals surface area contributed by atoms with Gasteiger partial charge in [-0.2, -0.15) is 0 Å². The van der Waals surface area contributed by atoms with E-state index in [2.05, 4.69) is 9.97 Å². The lowest BCUT2D eigenvalue weighted by molar-refractivity contribution is 0.759. The van der Waals surface area contributed by atoms with E-state index in [9.17, 15) is 0 Å². The van der Waals surface area contributed by atoms with Crippen molar-refractivity contribution in [1.29, 1.82) is 0 Å². The molecule has 2 aromatic heterocycles. The van der Waals surface area contributed by atoms with Crippen LogP contribution < -0.4 is 5.73 Å². The minimum Gasteiger partial charge on any atom is -0.384 e. The first-order valence-corrected chi connectivity index (χ1v) is 4.93. The first-order valence-electron chi connectivity index (χ1n) is 4.55. The zero-order chi connectivity index (χ0) is 9.71. The molecule has 0 radical (unpaired) electrons. The lowest BCUT2D eigenvalue weighted by Gasteiger charge is -2.01. The molecule has 0 amide bonds. The maximum absolute atomic E-state index is 6.03. The third-order valence-electron chi connectivity index (χ3n) is 2.43. The molecule has 1 aliphatic carbocycles. The number of hydrogen-bond acceptors (Lipinski definition) is 3. The van der Waals surface area contributed by atoms with Gasteiger partial charge in [0.1, 0.15) is 11.3 Å². The molecule has 0 spiro atoms. The van der Waals surface area contributed by atoms with E-state index in [-0.39, 0.29) is 0 Å². The molecule has 0 saturated heterocycles. The van der Waals surface area contributed by atoms with Crippen molar-refractivity contribution < 1.29 is 0 Å². The van der Waals surface area contributed by atoms with Gasteiger partial charge < -0.3 is 5.73 Å². The van der Waals surface area contributed by atoms with Crippen molar-refractivity contribution in [3.63, 3.8) is 0 Å². The van der Waals surface area contributed by atoms with Gasteiger partial charge in [-0.05, 0) is 36.6 Å². The molecule has 0 unspecified atom stereocenters. The Morgan fingerprint density at radius 3 is 2.86 bits per heavy atom. The molecule has 2 heterocycles. The van der Waals surface area contributed by atoms with Gasteiger partial charge in [0.15, 0.2) is 5.65 Å². The molecule has 0 atom stereocenters. The summed E-state index contributed by atoms with van der Waals surface area (Å²) in [6, 6.07) is 4.06. The third-order valence-corrected chi connectivity index (χ3v) is 2.69. The highest BCUT2D eigenvalue weighted by molar-refractivity contribution is 6.29. The first-order chi connectivity index (χ1) is 6.75. The summed E-state index contributed by atoms with van der Waals surface area (Å²) in [6.07, 6.45) is 2.31. The second kappa shape index (κ2) is 2.60. The number of fused-ring (bicyclic) bond motifs is 1. The van der Waals surface area contributed by atoms with Crippen molar-refractivity contribution in [2.24, 2.45) is 0 Å². The van der Waals surface area contributed by atoms with Crippen molar-refractivity contribution in [3.05, 3.63) is 17.4 Å². The Hall–Kier alpha value is -1.29. The summed E-state index contributed by atoms with van der Waals surface area (Å²) in [4.78, 5) is 8.48. The molecule has 1 saturated carbocycles. The molecule has 5 heteroatoms. The lowest BCUT2D eigenvalue weighted by atomic mass is 10.4. The van der Waals surface area contributed by atoms with Gasteiger partial charge >= 0.3 is 0 Å². The maximum Gasteiger partial charge on any atom is 0.205 e. The fraction of sp³-hybridized carbons (Fsp3) is 0.333. The van der Waals surface area contributed by atoms with Crippen LogP contribution in [-0.2, 0) is 0 Å². The highest BCUT2D eigenvalue weighted by atomic mass is 35.5. The van der Waals surface area contributed by atoms with Gasteiger partial charge in [0.2, 0.25) is 5.28 Å². The Morgan fingerprint density at radius 2 is 2.14 bits per heavy atom. The number of halogens is 1. The normalized spacial score (nSPS) is 16.4. The van der Waals surface area contributed by atoms with Crippen LogP contribution in [0, 0.1) is 0 Å². The van der Waals surface area contributed by atoms with Crippen LogP contribution in [0.5, 0.6) is 0 Å². The van der Waals surface area contributed by atoms with E-state index in [0.29, 0.717) is 17.1 Å². The standard InChI is InChI=1S/C9H9ClN4/c10-9-12-6-3-4-7(11)13-8(6)14(9)5-1-2-5/h3-5H,1-2H2,(H2,11,13). The van der Waals surface area contributed by atoms with E-state index >= 15 is 0 Å². The van der Waals surface area contributed by atoms with Crippen molar-refractivity contribution >= 4 is 28.6 Å². The molecule has 2 aromatic rings. The van der Waals surface area contributed by atoms with Crippen LogP contribution in [0.3, 0.4) is 0 Å². The number of pyridine rings is 1. The fourth-order valence-electron chi connectivity index (χ4n) is 1.62. The van der Waals surface area contributed by atoms with Crippen molar-refractivity contribution in [3.8, 4) is 0 Å². The van der Waals surface area contributed by atoms with Gasteiger partial charge in [-0.15, -0.1) is 0 Å². The van der Waals surface area contributed by atoms with E-state index in [1.165, 1.54) is 0 Å². The van der Waals surface area contributed by atoms with Crippen LogP contribution in [0.2, 0.25) is 5.28 Å². The van der Waals surface area contributed by atoms with Crippen LogP contribution in [0.15, 0.2) is 12.1 Å². The maximum atomic E-state index is 6.03. The molecular weight excluding hydrogens is 200 g/mol. The van der Waals surface area contributed by atoms with Crippen molar-refractivity contribution in [1.82, 2.24) is 14.5 Å². The van der Waals surface area contributed by atoms with Gasteiger partial charge in [0.05, 0.1) is 0 Å². The van der Waals surface area contributed by atoms with Crippen molar-refractivity contribution in [2.45, 2.75) is 18.9 Å². The van der Waals surface area contributed by atoms with E-state index in [1.807, 2.05) is 10.6 Å². The Balaban J connectivity index is 2.34. The molecule has 0 bridgehead atoms. The summed E-state index contributed by atoms with van der Waals surface area (Å²) in [5.74, 6) is 0.510. The monoisotopic (exact) mass is 208 g/mol. The zero-order valence-electron chi connectivity index (χ0n) is 7.44. The average Bonchev–Trinajstić information content (AvgIpc) is 2.90. The van der Waals surface area contributed by atoms with Crippen molar-refractivity contribution in [2.75, 3.05) is 5.73 Å². The summed E-state index contributed by atoms with van der Waals surface area (Å²) in [5, 5.41) is 0.514. The number of nitrogens with two attached hydrogens (primary N) is 1. The molecule has 0 aliphatic heterocycles. The third kappa shape index (κ3) is 1.07. The number of rotatable bonds is 1. The van der Waals surface area contributed by atoms with Crippen LogP contribution in [0.4, 0.5) is 5.82 Å². The van der Waals surface area contributed by atoms with Gasteiger partial charge in [0, 0.05) is 6.04 Å². The molecule has 1 fully saturated rings. The zero-order valence-corrected chi connectivity index (χ0v) is 8.20. The number of aromatic nitrogens is 3. The largest absolute Gasteiger partial charge is 0.384 e. The number of hydrogen-bond donors (Lipinski definition) is 1. The van der Waals surface area contributed by atoms with Gasteiger partial charge in [-0.25, -0.2) is 9.97 Å². The highest BCUT2D eigenvalue weighted by Gasteiger charge is 2.28. The summed E-state index contributed by atoms with van der Waals surface area (Å²) in [5.41, 5.74) is 7.25. The summed E-state index contributed by atoms with van der Waals surface area (Å²) >= 11 is 6.03. The summed E-state index contributed by atoms with van der Waals surface area (Å²) < 4.78 is 1.97. The van der Waals surface area contributed by atoms with Gasteiger partial charge in [0.25, 0.3) is 0 Å². The highest BCUT2D eigenvalue weighted by Crippen LogP contribution is 2.39. The van der Waals surface area contributed by atoms with Crippen LogP contribution >= 0.6 is 11.6 Å². The topological polar surface area (TPSA) is 56.7 Å². The van der Waals surface area contributed by atoms with E-state index < -0.39 is 0 Å². The molecule has 4 nitrogen and oxygen atoms in total. The number of imidazole rings is 1. The molecule has 2 N–H and O–H groups in total. The second-order valence-corrected chi connectivity index (χ2v) is 3.90. The van der Waals surface area contributed by atoms with E-state index in [1.54, 1.807) is 6.07 Å². The Labute approximate surface area is 85.7 Å². The molecule has 72 valence electrons. The smallest absolute Gasteiger partial charge is 0.205 e. The second-order valence-electron chi connectivity index (χ2n) is 3.56. The molecule has 3 rings (SSSR count). The quantitative estimate of drug-likeness (QED) is 0.780. The SMILES string of the molecule is Nc1ccc2nc(Cl)n(C3CC3)c2n1. The molecular formula is C9H9ClN4. The van der Waals surface area contributed by atoms with Crippen LogP contribution in [0.1, 0.15) is 18.9 Å². The predicted octanol–water partition coefficient (Wildman–Crippen LogP) is 2.00. The number of nitrogen functional groups attached to an aromatic ring is 1. The molecule has 0 aromatic carbocycles. The van der Waals surface area contributed by atoms with E-state index in [0.717, 1.165) is 24.0 Å². The lowest BCUT2D eigenvalue weighted by Crippen LogP contribution is -1.97. The van der Waals surface area contributed by atoms with Crippen LogP contribution in [0.25, 0.3) is 11.2 Å². The number of anilines is 1. The minimum absolute atomic E-state index is 0.474. The van der Waals surface area contributed by atoms with Gasteiger partial charge in [-0.3, -0.25) is 4.57 Å². The average molecular weight is 209 g/mol. The Morgan fingerprint density at radius 1 is 1.36 bits per heavy atom. The van der Waals surface area contributed by atoms with Gasteiger partial charge in [-0.1, -0.05) is 0 Å². The van der Waals surface area contributed by atoms with E-state index in [4.69, 9.17) is 17.3 Å². The fourth-order valence-corrected chi connectivity index (χ4v) is 1.93. The molecule has 1 aliphatic rings.